The first-order valence-electron chi connectivity index (χ1n) is 5.06. The number of carbonyl (C=O) groups is 1. The molecule has 0 radical (unpaired) electrons. The lowest BCUT2D eigenvalue weighted by atomic mass is 10.3. The Balaban J connectivity index is 2.62. The largest absolute Gasteiger partial charge is 0.497 e. The maximum Gasteiger partial charge on any atom is 0.262 e. The van der Waals surface area contributed by atoms with Crippen molar-refractivity contribution < 1.29 is 14.3 Å². The minimum Gasteiger partial charge on any atom is -0.497 e. The van der Waals surface area contributed by atoms with Crippen molar-refractivity contribution in [2.75, 3.05) is 21.2 Å². The monoisotopic (exact) mass is 223 g/mol. The molecule has 1 aromatic rings. The molecule has 0 saturated heterocycles. The number of carbonyl (C=O) groups excluding carboxylic acids is 1. The van der Waals surface area contributed by atoms with Crippen LogP contribution in [0.1, 0.15) is 6.92 Å². The lowest BCUT2D eigenvalue weighted by molar-refractivity contribution is -0.135. The van der Waals surface area contributed by atoms with Gasteiger partial charge in [-0.1, -0.05) is 0 Å². The van der Waals surface area contributed by atoms with Crippen LogP contribution >= 0.6 is 0 Å². The van der Waals surface area contributed by atoms with Crippen LogP contribution in [0.25, 0.3) is 0 Å². The number of benzene rings is 1. The summed E-state index contributed by atoms with van der Waals surface area (Å²) in [6, 6.07) is 7.14. The molecule has 0 aromatic heterocycles. The van der Waals surface area contributed by atoms with E-state index in [1.807, 2.05) is 0 Å². The van der Waals surface area contributed by atoms with Crippen LogP contribution in [0.4, 0.5) is 0 Å². The fourth-order valence-electron chi connectivity index (χ4n) is 1.27. The zero-order chi connectivity index (χ0) is 12.1. The highest BCUT2D eigenvalue weighted by Crippen LogP contribution is 2.18. The molecule has 88 valence electrons. The van der Waals surface area contributed by atoms with Gasteiger partial charge in [-0.3, -0.25) is 4.79 Å². The summed E-state index contributed by atoms with van der Waals surface area (Å²) in [5, 5.41) is 0. The molecule has 4 nitrogen and oxygen atoms in total. The van der Waals surface area contributed by atoms with Crippen molar-refractivity contribution in [2.45, 2.75) is 13.0 Å². The molecule has 0 heterocycles. The minimum atomic E-state index is -0.483. The number of likely N-dealkylation sites (N-methyl/N-ethyl adjacent to an activating group) is 1. The van der Waals surface area contributed by atoms with Crippen molar-refractivity contribution in [3.8, 4) is 11.5 Å². The molecule has 0 bridgehead atoms. The lowest BCUT2D eigenvalue weighted by Crippen LogP contribution is -2.35. The first-order valence-corrected chi connectivity index (χ1v) is 5.06. The van der Waals surface area contributed by atoms with Gasteiger partial charge in [0.1, 0.15) is 11.5 Å². The van der Waals surface area contributed by atoms with Crippen molar-refractivity contribution in [2.24, 2.45) is 0 Å². The summed E-state index contributed by atoms with van der Waals surface area (Å²) in [5.74, 6) is 1.36. The Morgan fingerprint density at radius 1 is 1.19 bits per heavy atom. The van der Waals surface area contributed by atoms with Crippen LogP contribution in [0.3, 0.4) is 0 Å². The maximum atomic E-state index is 11.5. The van der Waals surface area contributed by atoms with Crippen molar-refractivity contribution in [3.05, 3.63) is 24.3 Å². The van der Waals surface area contributed by atoms with E-state index in [-0.39, 0.29) is 5.91 Å². The predicted molar refractivity (Wildman–Crippen MR) is 61.8 cm³/mol. The van der Waals surface area contributed by atoms with Crippen molar-refractivity contribution in [1.29, 1.82) is 0 Å². The smallest absolute Gasteiger partial charge is 0.262 e. The highest BCUT2D eigenvalue weighted by atomic mass is 16.5. The number of rotatable bonds is 4. The van der Waals surface area contributed by atoms with E-state index in [0.717, 1.165) is 5.75 Å². The molecular weight excluding hydrogens is 206 g/mol. The Bertz CT molecular complexity index is 346. The van der Waals surface area contributed by atoms with Gasteiger partial charge in [-0.2, -0.15) is 0 Å². The molecule has 1 unspecified atom stereocenters. The molecule has 1 rings (SSSR count). The normalized spacial score (nSPS) is 11.8. The minimum absolute atomic E-state index is 0.0594. The molecule has 16 heavy (non-hydrogen) atoms. The number of hydrogen-bond acceptors (Lipinski definition) is 3. The van der Waals surface area contributed by atoms with Crippen molar-refractivity contribution in [1.82, 2.24) is 4.90 Å². The number of amides is 1. The molecule has 1 aromatic carbocycles. The average Bonchev–Trinajstić information content (AvgIpc) is 2.28. The second-order valence-corrected chi connectivity index (χ2v) is 3.67. The Morgan fingerprint density at radius 2 is 1.69 bits per heavy atom. The summed E-state index contributed by atoms with van der Waals surface area (Å²) in [7, 11) is 5.01. The summed E-state index contributed by atoms with van der Waals surface area (Å²) in [5.41, 5.74) is 0. The molecule has 0 spiro atoms. The third-order valence-corrected chi connectivity index (χ3v) is 2.16. The highest BCUT2D eigenvalue weighted by molar-refractivity contribution is 5.80. The molecule has 1 amide bonds. The summed E-state index contributed by atoms with van der Waals surface area (Å²) in [4.78, 5) is 13.1. The van der Waals surface area contributed by atoms with Crippen molar-refractivity contribution in [3.63, 3.8) is 0 Å². The molecule has 0 saturated carbocycles. The average molecular weight is 223 g/mol. The first kappa shape index (κ1) is 12.4. The van der Waals surface area contributed by atoms with Gasteiger partial charge < -0.3 is 14.4 Å². The zero-order valence-electron chi connectivity index (χ0n) is 10.1. The van der Waals surface area contributed by atoms with Gasteiger partial charge in [-0.15, -0.1) is 0 Å². The first-order chi connectivity index (χ1) is 7.54. The van der Waals surface area contributed by atoms with Crippen LogP contribution in [0.15, 0.2) is 24.3 Å². The van der Waals surface area contributed by atoms with Gasteiger partial charge in [0, 0.05) is 14.1 Å². The van der Waals surface area contributed by atoms with E-state index in [4.69, 9.17) is 9.47 Å². The fraction of sp³-hybridized carbons (Fsp3) is 0.417. The van der Waals surface area contributed by atoms with Crippen molar-refractivity contribution >= 4 is 5.91 Å². The summed E-state index contributed by atoms with van der Waals surface area (Å²) >= 11 is 0. The molecule has 1 atom stereocenters. The Labute approximate surface area is 95.8 Å². The van der Waals surface area contributed by atoms with Crippen LogP contribution in [0.5, 0.6) is 11.5 Å². The van der Waals surface area contributed by atoms with Gasteiger partial charge in [-0.25, -0.2) is 0 Å². The van der Waals surface area contributed by atoms with E-state index in [9.17, 15) is 4.79 Å². The number of nitrogens with zero attached hydrogens (tertiary/aromatic N) is 1. The van der Waals surface area contributed by atoms with Crippen LogP contribution in [0.2, 0.25) is 0 Å². The molecule has 0 aliphatic heterocycles. The van der Waals surface area contributed by atoms with E-state index in [1.54, 1.807) is 52.4 Å². The number of ether oxygens (including phenoxy) is 2. The molecular formula is C12H17NO3. The van der Waals surface area contributed by atoms with Gasteiger partial charge in [0.25, 0.3) is 5.91 Å². The van der Waals surface area contributed by atoms with E-state index < -0.39 is 6.10 Å². The van der Waals surface area contributed by atoms with Gasteiger partial charge in [0.2, 0.25) is 0 Å². The molecule has 0 fully saturated rings. The Hall–Kier alpha value is -1.71. The molecule has 0 aliphatic carbocycles. The third kappa shape index (κ3) is 3.15. The number of hydrogen-bond donors (Lipinski definition) is 0. The quantitative estimate of drug-likeness (QED) is 0.777. The topological polar surface area (TPSA) is 38.8 Å². The van der Waals surface area contributed by atoms with Gasteiger partial charge in [-0.05, 0) is 31.2 Å². The van der Waals surface area contributed by atoms with Crippen LogP contribution < -0.4 is 9.47 Å². The second-order valence-electron chi connectivity index (χ2n) is 3.67. The molecule has 0 N–H and O–H groups in total. The standard InChI is InChI=1S/C12H17NO3/c1-9(12(14)13(2)3)16-11-7-5-10(15-4)6-8-11/h5-9H,1-4H3. The fourth-order valence-corrected chi connectivity index (χ4v) is 1.27. The second kappa shape index (κ2) is 5.39. The van der Waals surface area contributed by atoms with Gasteiger partial charge in [0.15, 0.2) is 6.10 Å². The molecule has 4 heteroatoms. The Morgan fingerprint density at radius 3 is 2.12 bits per heavy atom. The SMILES string of the molecule is COc1ccc(OC(C)C(=O)N(C)C)cc1. The van der Waals surface area contributed by atoms with Gasteiger partial charge in [0.05, 0.1) is 7.11 Å². The third-order valence-electron chi connectivity index (χ3n) is 2.16. The van der Waals surface area contributed by atoms with E-state index in [0.29, 0.717) is 5.75 Å². The predicted octanol–water partition coefficient (Wildman–Crippen LogP) is 1.55. The van der Waals surface area contributed by atoms with Crippen LogP contribution in [-0.4, -0.2) is 38.1 Å². The van der Waals surface area contributed by atoms with Crippen LogP contribution in [0, 0.1) is 0 Å². The maximum absolute atomic E-state index is 11.5. The van der Waals surface area contributed by atoms with E-state index in [1.165, 1.54) is 4.90 Å². The van der Waals surface area contributed by atoms with Crippen LogP contribution in [-0.2, 0) is 4.79 Å². The summed E-state index contributed by atoms with van der Waals surface area (Å²) < 4.78 is 10.5. The highest BCUT2D eigenvalue weighted by Gasteiger charge is 2.16. The number of methoxy groups -OCH3 is 1. The zero-order valence-corrected chi connectivity index (χ0v) is 10.1. The van der Waals surface area contributed by atoms with E-state index in [2.05, 4.69) is 0 Å². The lowest BCUT2D eigenvalue weighted by Gasteiger charge is -2.18. The summed E-state index contributed by atoms with van der Waals surface area (Å²) in [6.45, 7) is 1.73. The van der Waals surface area contributed by atoms with Gasteiger partial charge >= 0.3 is 0 Å². The molecule has 0 aliphatic rings. The summed E-state index contributed by atoms with van der Waals surface area (Å²) in [6.07, 6.45) is -0.483. The van der Waals surface area contributed by atoms with E-state index >= 15 is 0 Å². The Kier molecular flexibility index (Phi) is 4.17.